The number of hydrogen-bond acceptors (Lipinski definition) is 25. The first kappa shape index (κ1) is 68.8. The Labute approximate surface area is 527 Å². The molecule has 2 aromatic carbocycles. The number of fused-ring (bicyclic) bond motifs is 6. The van der Waals surface area contributed by atoms with Gasteiger partial charge in [-0.15, -0.1) is 11.0 Å². The van der Waals surface area contributed by atoms with Gasteiger partial charge in [0.15, 0.2) is 36.2 Å². The summed E-state index contributed by atoms with van der Waals surface area (Å²) in [5, 5.41) is 6.91. The van der Waals surface area contributed by atoms with Gasteiger partial charge >= 0.3 is 30.4 Å². The van der Waals surface area contributed by atoms with Crippen molar-refractivity contribution >= 4 is 87.4 Å². The van der Waals surface area contributed by atoms with E-state index in [2.05, 4.69) is 41.0 Å². The Kier molecular flexibility index (Phi) is 23.1. The Morgan fingerprint density at radius 2 is 0.978 bits per heavy atom. The third-order valence-corrected chi connectivity index (χ3v) is 16.6. The summed E-state index contributed by atoms with van der Waals surface area (Å²) in [4.78, 5) is 174. The molecule has 8 rings (SSSR count). The summed E-state index contributed by atoms with van der Waals surface area (Å²) in [6, 6.07) is 8.11. The van der Waals surface area contributed by atoms with E-state index >= 15 is 9.59 Å². The second kappa shape index (κ2) is 30.8. The number of nitrogens with zero attached hydrogens (tertiary/aromatic N) is 2. The molecule has 31 heteroatoms. The minimum atomic E-state index is -2.14. The molecule has 0 radical (unpaired) electrons. The fourth-order valence-electron chi connectivity index (χ4n) is 12.5. The number of amides is 4. The summed E-state index contributed by atoms with van der Waals surface area (Å²) >= 11 is 0. The van der Waals surface area contributed by atoms with E-state index < -0.39 is 165 Å². The van der Waals surface area contributed by atoms with E-state index in [1.54, 1.807) is 64.1 Å². The molecule has 0 aliphatic carbocycles. The first-order valence-electron chi connectivity index (χ1n) is 30.0. The van der Waals surface area contributed by atoms with Gasteiger partial charge in [-0.2, -0.15) is 0 Å². The lowest BCUT2D eigenvalue weighted by Crippen LogP contribution is -2.69. The summed E-state index contributed by atoms with van der Waals surface area (Å²) < 4.78 is 51.3. The molecule has 4 aromatic rings. The third kappa shape index (κ3) is 15.8. The van der Waals surface area contributed by atoms with Crippen molar-refractivity contribution in [3.05, 3.63) is 59.9 Å². The Morgan fingerprint density at radius 3 is 1.35 bits per heavy atom. The van der Waals surface area contributed by atoms with Gasteiger partial charge in [-0.05, 0) is 86.8 Å². The molecule has 0 spiro atoms. The number of aromatic amines is 2. The van der Waals surface area contributed by atoms with Crippen LogP contribution in [0.5, 0.6) is 11.5 Å². The van der Waals surface area contributed by atoms with Crippen molar-refractivity contribution in [3.63, 3.8) is 0 Å². The van der Waals surface area contributed by atoms with Crippen molar-refractivity contribution < 1.29 is 110 Å². The summed E-state index contributed by atoms with van der Waals surface area (Å²) in [6.45, 7) is 3.49. The van der Waals surface area contributed by atoms with Crippen LogP contribution < -0.4 is 31.1 Å². The van der Waals surface area contributed by atoms with Gasteiger partial charge in [0.1, 0.15) is 48.2 Å². The van der Waals surface area contributed by atoms with Crippen LogP contribution in [0.3, 0.4) is 0 Å². The van der Waals surface area contributed by atoms with Crippen LogP contribution in [0, 0.1) is 23.7 Å². The molecule has 2 unspecified atom stereocenters. The van der Waals surface area contributed by atoms with Gasteiger partial charge < -0.3 is 87.4 Å². The number of carbonyl (C=O) groups is 11. The molecule has 4 aliphatic heterocycles. The van der Waals surface area contributed by atoms with Crippen LogP contribution in [0.25, 0.3) is 21.8 Å². The van der Waals surface area contributed by atoms with Crippen molar-refractivity contribution in [2.24, 2.45) is 23.7 Å². The maximum absolute atomic E-state index is 15.1. The smallest absolute Gasteiger partial charge is 0.496 e. The molecule has 0 saturated carbocycles. The van der Waals surface area contributed by atoms with Crippen LogP contribution in [-0.2, 0) is 76.3 Å². The van der Waals surface area contributed by atoms with Gasteiger partial charge in [0, 0.05) is 59.6 Å². The predicted molar refractivity (Wildman–Crippen MR) is 317 cm³/mol. The normalized spacial score (nSPS) is 23.3. The van der Waals surface area contributed by atoms with Gasteiger partial charge in [0.05, 0.1) is 53.7 Å². The molecular weight excluding hydrogens is 1210 g/mol. The fraction of sp³-hybridized carbons (Fsp3) is 0.557. The monoisotopic (exact) mass is 1290 g/mol. The van der Waals surface area contributed by atoms with Gasteiger partial charge in [-0.25, -0.2) is 24.0 Å². The maximum Gasteiger partial charge on any atom is 0.510 e. The number of rotatable bonds is 26. The average Bonchev–Trinajstić information content (AvgIpc) is 2.24. The van der Waals surface area contributed by atoms with Crippen LogP contribution in [0.15, 0.2) is 48.5 Å². The SMILES string of the molecule is COC(=O)OCOCC(=O)[C@@H]1C[C@@H]2CCN(C2=O)C(CCOC(=O)OCCC2N3CC[C@@H](C[C@@H](C(=O)COCOC(=O)OC)NOC(=O)[C@@]2(CC(C)C)NC(=O)c2cc4c(OC)cccc4[nH]2)C3=O)[C@](CC(C)C)(NC(=O)c2cc3c(OC)cccc3[nH]2)C(=O)ON1. The molecule has 2 aromatic heterocycles. The van der Waals surface area contributed by atoms with E-state index in [1.807, 2.05) is 0 Å². The number of hydrogen-bond donors (Lipinski definition) is 6. The number of H-pyrrole nitrogens is 2. The highest BCUT2D eigenvalue weighted by Gasteiger charge is 2.57. The number of ketones is 2. The lowest BCUT2D eigenvalue weighted by atomic mass is 9.79. The highest BCUT2D eigenvalue weighted by molar-refractivity contribution is 6.04. The Morgan fingerprint density at radius 1 is 0.576 bits per heavy atom. The number of aromatic nitrogens is 2. The first-order chi connectivity index (χ1) is 44.1. The van der Waals surface area contributed by atoms with E-state index in [4.69, 9.17) is 47.6 Å². The second-order valence-electron chi connectivity index (χ2n) is 23.5. The van der Waals surface area contributed by atoms with Crippen molar-refractivity contribution in [2.75, 3.05) is 81.5 Å². The minimum Gasteiger partial charge on any atom is -0.496 e. The number of Topliss-reactive ketones (excluding diaryl/α,β-unsaturated/α-hetero) is 2. The van der Waals surface area contributed by atoms with Crippen molar-refractivity contribution in [1.82, 2.24) is 41.4 Å². The molecule has 4 aliphatic rings. The molecule has 4 bridgehead atoms. The fourth-order valence-corrected chi connectivity index (χ4v) is 12.5. The molecule has 8 atom stereocenters. The predicted octanol–water partition coefficient (Wildman–Crippen LogP) is 4.06. The van der Waals surface area contributed by atoms with Crippen LogP contribution in [0.2, 0.25) is 0 Å². The van der Waals surface area contributed by atoms with E-state index in [-0.39, 0.29) is 75.8 Å². The number of carbonyl (C=O) groups excluding carboxylic acids is 11. The number of ether oxygens (including phenoxy) is 10. The largest absolute Gasteiger partial charge is 0.510 e. The Hall–Kier alpha value is -9.07. The summed E-state index contributed by atoms with van der Waals surface area (Å²) in [6.07, 6.45) is -4.29. The number of benzene rings is 2. The molecule has 6 heterocycles. The van der Waals surface area contributed by atoms with Crippen molar-refractivity contribution in [3.8, 4) is 11.5 Å². The Bertz CT molecular complexity index is 3170. The average molecular weight is 1290 g/mol. The van der Waals surface area contributed by atoms with E-state index in [0.717, 1.165) is 14.2 Å². The molecule has 500 valence electrons. The second-order valence-corrected chi connectivity index (χ2v) is 23.5. The van der Waals surface area contributed by atoms with E-state index in [0.29, 0.717) is 33.3 Å². The van der Waals surface area contributed by atoms with Crippen LogP contribution in [0.4, 0.5) is 14.4 Å². The Balaban J connectivity index is 1.06. The quantitative estimate of drug-likeness (QED) is 0.0223. The molecule has 31 nitrogen and oxygen atoms in total. The zero-order valence-electron chi connectivity index (χ0n) is 52.3. The summed E-state index contributed by atoms with van der Waals surface area (Å²) in [5.41, 5.74) is 1.84. The van der Waals surface area contributed by atoms with Gasteiger partial charge in [0.2, 0.25) is 11.8 Å². The number of methoxy groups -OCH3 is 4. The molecule has 4 fully saturated rings. The zero-order chi connectivity index (χ0) is 66.4. The number of hydroxylamine groups is 2. The van der Waals surface area contributed by atoms with Gasteiger partial charge in [-0.1, -0.05) is 39.8 Å². The highest BCUT2D eigenvalue weighted by Crippen LogP contribution is 2.39. The van der Waals surface area contributed by atoms with Gasteiger partial charge in [0.25, 0.3) is 11.8 Å². The molecular formula is C61H78N8O23. The van der Waals surface area contributed by atoms with E-state index in [1.165, 1.54) is 36.2 Å². The van der Waals surface area contributed by atoms with Gasteiger partial charge in [-0.3, -0.25) is 28.8 Å². The topological polar surface area (TPSA) is 385 Å². The maximum atomic E-state index is 15.1. The lowest BCUT2D eigenvalue weighted by Gasteiger charge is -2.45. The van der Waals surface area contributed by atoms with Crippen LogP contribution >= 0.6 is 0 Å². The van der Waals surface area contributed by atoms with E-state index in [9.17, 15) is 43.2 Å². The zero-order valence-corrected chi connectivity index (χ0v) is 52.3. The molecule has 92 heavy (non-hydrogen) atoms. The number of nitrogens with one attached hydrogen (secondary N) is 6. The molecule has 4 saturated heterocycles. The van der Waals surface area contributed by atoms with Crippen molar-refractivity contribution in [2.45, 2.75) is 114 Å². The lowest BCUT2D eigenvalue weighted by molar-refractivity contribution is -0.171. The standard InChI is InChI=1S/C61H78N8O23/c1-33(2)27-60(64-51(72)43-25-37-39(62-43)11-9-13-47(37)81-5)49(68-19-15-35(53(68)74)23-41(66-91-55(60)76)45(70)29-85-31-89-57(78)83-7)17-21-87-59(80)88-22-18-50-61(28-34(3)4,65-52(73)44-26-38-40(63-44)12-10-14-48(38)82-6)56(77)92-67-42(24-36-16-20-69(50)54(36)75)46(71)30-86-32-90-58(79)84-8/h9-14,25-26,33-36,41-42,49-50,62-63,66-67H,15-24,27-32H2,1-8H3,(H,64,72)(H,65,73)/t35-,36-,41-,42-,49?,50?,60-,61-/m0/s1. The van der Waals surface area contributed by atoms with Crippen molar-refractivity contribution in [1.29, 1.82) is 0 Å². The highest BCUT2D eigenvalue weighted by atomic mass is 16.8. The minimum absolute atomic E-state index is 0.00143. The summed E-state index contributed by atoms with van der Waals surface area (Å²) in [7, 11) is 5.11. The van der Waals surface area contributed by atoms with Crippen LogP contribution in [0.1, 0.15) is 100 Å². The first-order valence-corrected chi connectivity index (χ1v) is 30.0. The summed E-state index contributed by atoms with van der Waals surface area (Å²) in [5.74, 6) is -7.72. The molecule has 4 amide bonds. The molecule has 6 N–H and O–H groups in total. The third-order valence-electron chi connectivity index (χ3n) is 16.6. The van der Waals surface area contributed by atoms with Crippen LogP contribution in [-0.4, -0.2) is 202 Å².